The van der Waals surface area contributed by atoms with E-state index in [0.29, 0.717) is 6.08 Å². The molecule has 5 nitrogen and oxygen atoms in total. The Morgan fingerprint density at radius 1 is 0.871 bits per heavy atom. The van der Waals surface area contributed by atoms with Gasteiger partial charge in [0, 0.05) is 6.42 Å². The Hall–Kier alpha value is -2.03. The summed E-state index contributed by atoms with van der Waals surface area (Å²) in [7, 11) is -5.85. The van der Waals surface area contributed by atoms with Crippen LogP contribution in [0.4, 0.5) is 13.2 Å². The molecule has 0 atom stereocenters. The summed E-state index contributed by atoms with van der Waals surface area (Å²) in [6.07, 6.45) is 10.4. The number of ether oxygens (including phenoxy) is 1. The highest BCUT2D eigenvalue weighted by Crippen LogP contribution is 2.28. The Labute approximate surface area is 183 Å². The number of allylic oxidation sites excluding steroid dienone is 7. The molecule has 0 fully saturated rings. The topological polar surface area (TPSA) is 69.7 Å². The van der Waals surface area contributed by atoms with Crippen molar-refractivity contribution in [3.05, 3.63) is 46.8 Å². The van der Waals surface area contributed by atoms with Gasteiger partial charge in [-0.3, -0.25) is 0 Å². The van der Waals surface area contributed by atoms with Crippen LogP contribution in [0.1, 0.15) is 73.1 Å². The molecule has 0 radical (unpaired) electrons. The molecule has 178 valence electrons. The molecule has 0 aliphatic rings. The first-order chi connectivity index (χ1) is 14.3. The van der Waals surface area contributed by atoms with Gasteiger partial charge in [-0.25, -0.2) is 4.79 Å². The van der Waals surface area contributed by atoms with Gasteiger partial charge in [0.15, 0.2) is 0 Å². The van der Waals surface area contributed by atoms with Crippen LogP contribution < -0.4 is 0 Å². The first kappa shape index (κ1) is 29.0. The standard InChI is InChI=1S/C22H33F3O5S/c1-6-29-21(26)16-20(30-31(27,28)22(23,24)25)15-9-14-19(5)13-8-12-18(4)11-7-10-17(2)3/h10,12,14,16H,6-9,11,13,15H2,1-5H3/b18-12+,19-14+,20-16+. The Morgan fingerprint density at radius 3 is 1.81 bits per heavy atom. The predicted molar refractivity (Wildman–Crippen MR) is 115 cm³/mol. The Morgan fingerprint density at radius 2 is 1.35 bits per heavy atom. The molecule has 0 saturated heterocycles. The van der Waals surface area contributed by atoms with Crippen LogP contribution in [0.2, 0.25) is 0 Å². The molecule has 0 aromatic carbocycles. The summed E-state index contributed by atoms with van der Waals surface area (Å²) in [5.41, 5.74) is -2.00. The van der Waals surface area contributed by atoms with Gasteiger partial charge in [-0.15, -0.1) is 0 Å². The zero-order valence-corrected chi connectivity index (χ0v) is 19.7. The van der Waals surface area contributed by atoms with Crippen molar-refractivity contribution in [2.24, 2.45) is 0 Å². The highest BCUT2D eigenvalue weighted by atomic mass is 32.2. The Kier molecular flexibility index (Phi) is 13.2. The molecular weight excluding hydrogens is 433 g/mol. The van der Waals surface area contributed by atoms with Crippen molar-refractivity contribution < 1.29 is 35.3 Å². The smallest absolute Gasteiger partial charge is 0.463 e. The van der Waals surface area contributed by atoms with Crippen LogP contribution in [-0.4, -0.2) is 26.5 Å². The van der Waals surface area contributed by atoms with E-state index in [1.165, 1.54) is 18.1 Å². The lowest BCUT2D eigenvalue weighted by Crippen LogP contribution is -2.25. The van der Waals surface area contributed by atoms with Crippen LogP contribution in [0, 0.1) is 0 Å². The van der Waals surface area contributed by atoms with Crippen LogP contribution >= 0.6 is 0 Å². The van der Waals surface area contributed by atoms with Gasteiger partial charge in [-0.2, -0.15) is 21.6 Å². The molecule has 31 heavy (non-hydrogen) atoms. The lowest BCUT2D eigenvalue weighted by Gasteiger charge is -2.12. The molecule has 0 aliphatic carbocycles. The zero-order chi connectivity index (χ0) is 24.1. The quantitative estimate of drug-likeness (QED) is 0.0774. The van der Waals surface area contributed by atoms with E-state index in [1.807, 2.05) is 6.92 Å². The number of carbonyl (C=O) groups excluding carboxylic acids is 1. The van der Waals surface area contributed by atoms with Gasteiger partial charge in [0.05, 0.1) is 12.7 Å². The summed E-state index contributed by atoms with van der Waals surface area (Å²) < 4.78 is 69.0. The van der Waals surface area contributed by atoms with Crippen molar-refractivity contribution >= 4 is 16.1 Å². The highest BCUT2D eigenvalue weighted by Gasteiger charge is 2.48. The highest BCUT2D eigenvalue weighted by molar-refractivity contribution is 7.87. The fourth-order valence-electron chi connectivity index (χ4n) is 2.44. The maximum absolute atomic E-state index is 12.6. The number of alkyl halides is 3. The molecule has 9 heteroatoms. The molecule has 0 saturated carbocycles. The second-order valence-corrected chi connectivity index (χ2v) is 8.88. The molecule has 0 aromatic rings. The van der Waals surface area contributed by atoms with E-state index in [4.69, 9.17) is 0 Å². The fraction of sp³-hybridized carbons (Fsp3) is 0.591. The molecule has 0 heterocycles. The first-order valence-corrected chi connectivity index (χ1v) is 11.5. The summed E-state index contributed by atoms with van der Waals surface area (Å²) >= 11 is 0. The monoisotopic (exact) mass is 466 g/mol. The third-order valence-electron chi connectivity index (χ3n) is 4.07. The van der Waals surface area contributed by atoms with E-state index in [1.54, 1.807) is 6.08 Å². The number of hydrogen-bond acceptors (Lipinski definition) is 5. The van der Waals surface area contributed by atoms with Crippen molar-refractivity contribution in [2.45, 2.75) is 78.7 Å². The van der Waals surface area contributed by atoms with Crippen LogP contribution in [0.3, 0.4) is 0 Å². The molecular formula is C22H33F3O5S. The maximum atomic E-state index is 12.6. The van der Waals surface area contributed by atoms with Crippen molar-refractivity contribution in [1.29, 1.82) is 0 Å². The lowest BCUT2D eigenvalue weighted by molar-refractivity contribution is -0.137. The minimum absolute atomic E-state index is 0.00504. The van der Waals surface area contributed by atoms with Gasteiger partial charge in [-0.05, 0) is 66.7 Å². The maximum Gasteiger partial charge on any atom is 0.534 e. The second-order valence-electron chi connectivity index (χ2n) is 7.34. The van der Waals surface area contributed by atoms with Gasteiger partial charge < -0.3 is 8.92 Å². The van der Waals surface area contributed by atoms with Crippen molar-refractivity contribution in [1.82, 2.24) is 0 Å². The SMILES string of the molecule is CCOC(=O)/C=C(\CC/C=C(\C)CC/C=C(\C)CCC=C(C)C)OS(=O)(=O)C(F)(F)F. The average molecular weight is 467 g/mol. The molecule has 0 bridgehead atoms. The molecule has 0 N–H and O–H groups in total. The number of rotatable bonds is 13. The van der Waals surface area contributed by atoms with Gasteiger partial charge in [0.2, 0.25) is 0 Å². The summed E-state index contributed by atoms with van der Waals surface area (Å²) in [6, 6.07) is 0. The van der Waals surface area contributed by atoms with Crippen molar-refractivity contribution in [3.63, 3.8) is 0 Å². The van der Waals surface area contributed by atoms with E-state index < -0.39 is 27.4 Å². The lowest BCUT2D eigenvalue weighted by atomic mass is 10.1. The van der Waals surface area contributed by atoms with Crippen LogP contribution in [0.15, 0.2) is 46.8 Å². The summed E-state index contributed by atoms with van der Waals surface area (Å²) in [5.74, 6) is -1.58. The summed E-state index contributed by atoms with van der Waals surface area (Å²) in [6.45, 7) is 9.59. The number of esters is 1. The molecule has 0 spiro atoms. The molecule has 0 aliphatic heterocycles. The van der Waals surface area contributed by atoms with E-state index in [-0.39, 0.29) is 19.4 Å². The van der Waals surface area contributed by atoms with Gasteiger partial charge in [-0.1, -0.05) is 34.9 Å². The largest absolute Gasteiger partial charge is 0.534 e. The summed E-state index contributed by atoms with van der Waals surface area (Å²) in [4.78, 5) is 11.5. The van der Waals surface area contributed by atoms with Crippen LogP contribution in [0.25, 0.3) is 0 Å². The van der Waals surface area contributed by atoms with Gasteiger partial charge in [0.25, 0.3) is 0 Å². The van der Waals surface area contributed by atoms with E-state index in [0.717, 1.165) is 31.3 Å². The number of carbonyl (C=O) groups is 1. The molecule has 0 rings (SSSR count). The molecule has 0 amide bonds. The van der Waals surface area contributed by atoms with Crippen molar-refractivity contribution in [2.75, 3.05) is 6.61 Å². The van der Waals surface area contributed by atoms with E-state index in [2.05, 4.69) is 41.8 Å². The second kappa shape index (κ2) is 14.1. The van der Waals surface area contributed by atoms with E-state index in [9.17, 15) is 26.4 Å². The third kappa shape index (κ3) is 13.8. The third-order valence-corrected chi connectivity index (χ3v) is 5.07. The van der Waals surface area contributed by atoms with E-state index >= 15 is 0 Å². The Balaban J connectivity index is 4.89. The van der Waals surface area contributed by atoms with Crippen molar-refractivity contribution in [3.8, 4) is 0 Å². The zero-order valence-electron chi connectivity index (χ0n) is 18.8. The van der Waals surface area contributed by atoms with Gasteiger partial charge in [0.1, 0.15) is 5.76 Å². The summed E-state index contributed by atoms with van der Waals surface area (Å²) in [5, 5.41) is 0. The fourth-order valence-corrected chi connectivity index (χ4v) is 2.95. The molecule has 0 unspecified atom stereocenters. The normalized spacial score (nSPS) is 13.7. The van der Waals surface area contributed by atoms with Crippen LogP contribution in [-0.2, 0) is 23.8 Å². The first-order valence-electron chi connectivity index (χ1n) is 10.1. The minimum Gasteiger partial charge on any atom is -0.463 e. The number of hydrogen-bond donors (Lipinski definition) is 0. The molecule has 0 aromatic heterocycles. The average Bonchev–Trinajstić information content (AvgIpc) is 2.60. The minimum atomic E-state index is -5.85. The number of halogens is 3. The predicted octanol–water partition coefficient (Wildman–Crippen LogP) is 6.50. The Bertz CT molecular complexity index is 799. The van der Waals surface area contributed by atoms with Gasteiger partial charge >= 0.3 is 21.6 Å². The van der Waals surface area contributed by atoms with Crippen LogP contribution in [0.5, 0.6) is 0 Å².